The predicted octanol–water partition coefficient (Wildman–Crippen LogP) is 2.62. The summed E-state index contributed by atoms with van der Waals surface area (Å²) in [4.78, 5) is 0. The summed E-state index contributed by atoms with van der Waals surface area (Å²) >= 11 is 1.28. The van der Waals surface area contributed by atoms with Crippen LogP contribution < -0.4 is 0 Å². The largest absolute Gasteiger partial charge is 0.506 e. The molecule has 0 fully saturated rings. The molecular formula is C9H4FNOS. The minimum absolute atomic E-state index is 0.00551. The maximum atomic E-state index is 13.1. The second-order valence-electron chi connectivity index (χ2n) is 2.53. The topological polar surface area (TPSA) is 44.0 Å². The summed E-state index contributed by atoms with van der Waals surface area (Å²) in [6.07, 6.45) is 0. The number of nitriles is 1. The third kappa shape index (κ3) is 1.05. The summed E-state index contributed by atoms with van der Waals surface area (Å²) in [6, 6.07) is 4.37. The zero-order valence-electron chi connectivity index (χ0n) is 6.41. The van der Waals surface area contributed by atoms with Gasteiger partial charge >= 0.3 is 0 Å². The van der Waals surface area contributed by atoms with Gasteiger partial charge < -0.3 is 5.11 Å². The number of nitrogens with zero attached hydrogens (tertiary/aromatic N) is 1. The Morgan fingerprint density at radius 2 is 2.31 bits per heavy atom. The molecule has 0 saturated carbocycles. The maximum Gasteiger partial charge on any atom is 0.145 e. The van der Waals surface area contributed by atoms with Gasteiger partial charge in [0.15, 0.2) is 0 Å². The highest BCUT2D eigenvalue weighted by molar-refractivity contribution is 7.17. The molecule has 0 amide bonds. The number of rotatable bonds is 0. The molecule has 13 heavy (non-hydrogen) atoms. The first kappa shape index (κ1) is 8.02. The van der Waals surface area contributed by atoms with E-state index < -0.39 is 5.82 Å². The molecule has 2 aromatic rings. The second kappa shape index (κ2) is 2.71. The van der Waals surface area contributed by atoms with Crippen LogP contribution in [0.3, 0.4) is 0 Å². The van der Waals surface area contributed by atoms with Crippen LogP contribution in [0.5, 0.6) is 5.75 Å². The van der Waals surface area contributed by atoms with Gasteiger partial charge in [-0.25, -0.2) is 4.39 Å². The summed E-state index contributed by atoms with van der Waals surface area (Å²) in [6.45, 7) is 0. The van der Waals surface area contributed by atoms with Gasteiger partial charge in [0.2, 0.25) is 0 Å². The van der Waals surface area contributed by atoms with Crippen molar-refractivity contribution in [3.63, 3.8) is 0 Å². The van der Waals surface area contributed by atoms with Crippen molar-refractivity contribution in [2.24, 2.45) is 0 Å². The molecule has 0 atom stereocenters. The van der Waals surface area contributed by atoms with Crippen molar-refractivity contribution >= 4 is 21.4 Å². The highest BCUT2D eigenvalue weighted by Crippen LogP contribution is 2.33. The van der Waals surface area contributed by atoms with E-state index in [1.165, 1.54) is 11.3 Å². The van der Waals surface area contributed by atoms with Crippen molar-refractivity contribution in [3.05, 3.63) is 28.9 Å². The van der Waals surface area contributed by atoms with Crippen molar-refractivity contribution < 1.29 is 9.50 Å². The standard InChI is InChI=1S/C9H4FNOS/c10-7-3-8(12)9-5(1-2-13-9)6(7)4-11/h1-3,12H. The molecule has 1 heterocycles. The monoisotopic (exact) mass is 193 g/mol. The Bertz CT molecular complexity index is 512. The molecule has 1 aromatic heterocycles. The van der Waals surface area contributed by atoms with Gasteiger partial charge in [0, 0.05) is 11.5 Å². The van der Waals surface area contributed by atoms with Gasteiger partial charge in [-0.3, -0.25) is 0 Å². The summed E-state index contributed by atoms with van der Waals surface area (Å²) in [5, 5.41) is 20.2. The van der Waals surface area contributed by atoms with Crippen LogP contribution in [0.15, 0.2) is 17.5 Å². The van der Waals surface area contributed by atoms with E-state index >= 15 is 0 Å². The van der Waals surface area contributed by atoms with Crippen molar-refractivity contribution in [1.82, 2.24) is 0 Å². The Labute approximate surface area is 77.5 Å². The van der Waals surface area contributed by atoms with E-state index in [1.54, 1.807) is 17.5 Å². The molecule has 2 nitrogen and oxygen atoms in total. The number of fused-ring (bicyclic) bond motifs is 1. The minimum Gasteiger partial charge on any atom is -0.506 e. The molecule has 64 valence electrons. The van der Waals surface area contributed by atoms with Crippen LogP contribution in [0.25, 0.3) is 10.1 Å². The van der Waals surface area contributed by atoms with E-state index in [4.69, 9.17) is 5.26 Å². The molecular weight excluding hydrogens is 189 g/mol. The van der Waals surface area contributed by atoms with E-state index in [-0.39, 0.29) is 11.3 Å². The van der Waals surface area contributed by atoms with Crippen LogP contribution in [0, 0.1) is 17.1 Å². The third-order valence-corrected chi connectivity index (χ3v) is 2.72. The Hall–Kier alpha value is -1.60. The summed E-state index contributed by atoms with van der Waals surface area (Å²) < 4.78 is 13.6. The van der Waals surface area contributed by atoms with Gasteiger partial charge in [0.05, 0.1) is 10.3 Å². The Morgan fingerprint density at radius 1 is 1.54 bits per heavy atom. The Kier molecular flexibility index (Phi) is 1.67. The Balaban J connectivity index is 2.99. The lowest BCUT2D eigenvalue weighted by molar-refractivity contribution is 0.476. The van der Waals surface area contributed by atoms with Gasteiger partial charge in [0.1, 0.15) is 17.6 Å². The van der Waals surface area contributed by atoms with Crippen molar-refractivity contribution in [1.29, 1.82) is 5.26 Å². The zero-order chi connectivity index (χ0) is 9.42. The summed E-state index contributed by atoms with van der Waals surface area (Å²) in [5.41, 5.74) is -0.00551. The molecule has 0 aliphatic carbocycles. The van der Waals surface area contributed by atoms with Crippen LogP contribution in [0.2, 0.25) is 0 Å². The van der Waals surface area contributed by atoms with Crippen LogP contribution in [0.4, 0.5) is 4.39 Å². The highest BCUT2D eigenvalue weighted by atomic mass is 32.1. The molecule has 0 aliphatic rings. The normalized spacial score (nSPS) is 10.2. The number of hydrogen-bond donors (Lipinski definition) is 1. The molecule has 0 radical (unpaired) electrons. The fourth-order valence-corrected chi connectivity index (χ4v) is 2.02. The maximum absolute atomic E-state index is 13.1. The average Bonchev–Trinajstić information content (AvgIpc) is 2.53. The van der Waals surface area contributed by atoms with E-state index in [2.05, 4.69) is 0 Å². The van der Waals surface area contributed by atoms with E-state index in [1.807, 2.05) is 0 Å². The summed E-state index contributed by atoms with van der Waals surface area (Å²) in [7, 11) is 0. The van der Waals surface area contributed by atoms with E-state index in [0.717, 1.165) is 6.07 Å². The van der Waals surface area contributed by atoms with Crippen LogP contribution >= 0.6 is 11.3 Å². The quantitative estimate of drug-likeness (QED) is 0.698. The molecule has 0 unspecified atom stereocenters. The lowest BCUT2D eigenvalue weighted by atomic mass is 10.1. The lowest BCUT2D eigenvalue weighted by Crippen LogP contribution is -1.83. The number of phenols is 1. The molecule has 1 aromatic carbocycles. The fourth-order valence-electron chi connectivity index (χ4n) is 1.20. The number of halogens is 1. The van der Waals surface area contributed by atoms with Crippen LogP contribution in [-0.2, 0) is 0 Å². The Morgan fingerprint density at radius 3 is 3.00 bits per heavy atom. The first-order chi connectivity index (χ1) is 6.24. The first-order valence-electron chi connectivity index (χ1n) is 3.53. The van der Waals surface area contributed by atoms with Gasteiger partial charge in [0.25, 0.3) is 0 Å². The van der Waals surface area contributed by atoms with Gasteiger partial charge in [-0.2, -0.15) is 5.26 Å². The van der Waals surface area contributed by atoms with Crippen LogP contribution in [0.1, 0.15) is 5.56 Å². The third-order valence-electron chi connectivity index (χ3n) is 1.78. The molecule has 0 spiro atoms. The molecule has 4 heteroatoms. The van der Waals surface area contributed by atoms with Gasteiger partial charge in [-0.1, -0.05) is 0 Å². The first-order valence-corrected chi connectivity index (χ1v) is 4.41. The average molecular weight is 193 g/mol. The van der Waals surface area contributed by atoms with Crippen molar-refractivity contribution in [2.45, 2.75) is 0 Å². The number of thiophene rings is 1. The molecule has 0 bridgehead atoms. The summed E-state index contributed by atoms with van der Waals surface area (Å²) in [5.74, 6) is -0.785. The fraction of sp³-hybridized carbons (Fsp3) is 0. The number of aromatic hydroxyl groups is 1. The highest BCUT2D eigenvalue weighted by Gasteiger charge is 2.11. The van der Waals surface area contributed by atoms with E-state index in [9.17, 15) is 9.50 Å². The molecule has 2 rings (SSSR count). The van der Waals surface area contributed by atoms with Gasteiger partial charge in [-0.05, 0) is 11.4 Å². The van der Waals surface area contributed by atoms with E-state index in [0.29, 0.717) is 10.1 Å². The van der Waals surface area contributed by atoms with Crippen molar-refractivity contribution in [2.75, 3.05) is 0 Å². The molecule has 0 saturated heterocycles. The molecule has 0 aliphatic heterocycles. The minimum atomic E-state index is -0.675. The smallest absolute Gasteiger partial charge is 0.145 e. The number of phenolic OH excluding ortho intramolecular Hbond substituents is 1. The number of benzene rings is 1. The lowest BCUT2D eigenvalue weighted by Gasteiger charge is -1.98. The second-order valence-corrected chi connectivity index (χ2v) is 3.44. The SMILES string of the molecule is N#Cc1c(F)cc(O)c2sccc12. The van der Waals surface area contributed by atoms with Crippen LogP contribution in [-0.4, -0.2) is 5.11 Å². The number of hydrogen-bond acceptors (Lipinski definition) is 3. The predicted molar refractivity (Wildman–Crippen MR) is 48.2 cm³/mol. The molecule has 1 N–H and O–H groups in total. The van der Waals surface area contributed by atoms with Crippen molar-refractivity contribution in [3.8, 4) is 11.8 Å². The van der Waals surface area contributed by atoms with Gasteiger partial charge in [-0.15, -0.1) is 11.3 Å². The zero-order valence-corrected chi connectivity index (χ0v) is 7.23.